The van der Waals surface area contributed by atoms with E-state index in [9.17, 15) is 4.79 Å². The predicted molar refractivity (Wildman–Crippen MR) is 66.0 cm³/mol. The van der Waals surface area contributed by atoms with Crippen LogP contribution in [0.1, 0.15) is 47.5 Å². The Hall–Kier alpha value is -0.370. The molecule has 0 fully saturated rings. The Balaban J connectivity index is 4.11. The van der Waals surface area contributed by atoms with Crippen LogP contribution in [0.2, 0.25) is 0 Å². The summed E-state index contributed by atoms with van der Waals surface area (Å²) < 4.78 is 0. The standard InChI is InChI=1S/C13H27NO/c1-6-14-8-7-12(9-10(2)3)13(15)11(4)5/h10-12,14H,6-9H2,1-5H3. The molecule has 15 heavy (non-hydrogen) atoms. The molecule has 0 saturated heterocycles. The summed E-state index contributed by atoms with van der Waals surface area (Å²) in [6.07, 6.45) is 2.02. The van der Waals surface area contributed by atoms with Crippen molar-refractivity contribution in [2.75, 3.05) is 13.1 Å². The van der Waals surface area contributed by atoms with E-state index in [2.05, 4.69) is 26.1 Å². The van der Waals surface area contributed by atoms with Crippen molar-refractivity contribution in [3.63, 3.8) is 0 Å². The van der Waals surface area contributed by atoms with Gasteiger partial charge in [-0.3, -0.25) is 4.79 Å². The molecule has 0 bridgehead atoms. The first kappa shape index (κ1) is 14.6. The van der Waals surface area contributed by atoms with E-state index in [0.717, 1.165) is 25.9 Å². The van der Waals surface area contributed by atoms with Gasteiger partial charge in [-0.15, -0.1) is 0 Å². The molecule has 0 rings (SSSR count). The lowest BCUT2D eigenvalue weighted by Gasteiger charge is -2.19. The maximum atomic E-state index is 11.9. The number of ketones is 1. The fourth-order valence-corrected chi connectivity index (χ4v) is 1.87. The smallest absolute Gasteiger partial charge is 0.138 e. The van der Waals surface area contributed by atoms with Crippen molar-refractivity contribution >= 4 is 5.78 Å². The molecule has 2 heteroatoms. The van der Waals surface area contributed by atoms with Gasteiger partial charge in [-0.05, 0) is 31.8 Å². The molecule has 0 saturated carbocycles. The molecule has 0 aromatic carbocycles. The Labute approximate surface area is 94.8 Å². The molecule has 90 valence electrons. The van der Waals surface area contributed by atoms with Gasteiger partial charge in [0.25, 0.3) is 0 Å². The van der Waals surface area contributed by atoms with Gasteiger partial charge in [0.1, 0.15) is 5.78 Å². The number of carbonyl (C=O) groups is 1. The maximum Gasteiger partial charge on any atom is 0.138 e. The van der Waals surface area contributed by atoms with Crippen LogP contribution in [0.3, 0.4) is 0 Å². The Morgan fingerprint density at radius 2 is 1.80 bits per heavy atom. The molecule has 0 aromatic heterocycles. The van der Waals surface area contributed by atoms with Crippen LogP contribution >= 0.6 is 0 Å². The molecule has 2 nitrogen and oxygen atoms in total. The Bertz CT molecular complexity index is 175. The minimum atomic E-state index is 0.176. The molecule has 0 aliphatic carbocycles. The van der Waals surface area contributed by atoms with Crippen LogP contribution in [0, 0.1) is 17.8 Å². The maximum absolute atomic E-state index is 11.9. The molecule has 1 unspecified atom stereocenters. The van der Waals surface area contributed by atoms with Crippen molar-refractivity contribution in [3.8, 4) is 0 Å². The van der Waals surface area contributed by atoms with Crippen LogP contribution in [-0.2, 0) is 4.79 Å². The van der Waals surface area contributed by atoms with Crippen LogP contribution in [0.25, 0.3) is 0 Å². The minimum Gasteiger partial charge on any atom is -0.317 e. The molecule has 0 aliphatic rings. The lowest BCUT2D eigenvalue weighted by atomic mass is 9.86. The predicted octanol–water partition coefficient (Wildman–Crippen LogP) is 2.87. The van der Waals surface area contributed by atoms with E-state index in [1.165, 1.54) is 0 Å². The highest BCUT2D eigenvalue weighted by molar-refractivity contribution is 5.82. The minimum absolute atomic E-state index is 0.176. The van der Waals surface area contributed by atoms with Crippen LogP contribution in [0.4, 0.5) is 0 Å². The zero-order valence-corrected chi connectivity index (χ0v) is 11.0. The average Bonchev–Trinajstić information content (AvgIpc) is 2.14. The van der Waals surface area contributed by atoms with Gasteiger partial charge < -0.3 is 5.32 Å². The molecule has 1 N–H and O–H groups in total. The van der Waals surface area contributed by atoms with Crippen molar-refractivity contribution in [3.05, 3.63) is 0 Å². The van der Waals surface area contributed by atoms with Crippen LogP contribution in [-0.4, -0.2) is 18.9 Å². The van der Waals surface area contributed by atoms with Gasteiger partial charge in [0.05, 0.1) is 0 Å². The topological polar surface area (TPSA) is 29.1 Å². The van der Waals surface area contributed by atoms with Gasteiger partial charge in [-0.1, -0.05) is 34.6 Å². The number of rotatable bonds is 8. The summed E-state index contributed by atoms with van der Waals surface area (Å²) in [7, 11) is 0. The summed E-state index contributed by atoms with van der Waals surface area (Å²) in [6, 6.07) is 0. The van der Waals surface area contributed by atoms with Gasteiger partial charge in [-0.2, -0.15) is 0 Å². The SMILES string of the molecule is CCNCCC(CC(C)C)C(=O)C(C)C. The summed E-state index contributed by atoms with van der Waals surface area (Å²) in [5.41, 5.74) is 0. The molecule has 0 spiro atoms. The summed E-state index contributed by atoms with van der Waals surface area (Å²) in [5.74, 6) is 1.47. The molecular formula is C13H27NO. The van der Waals surface area contributed by atoms with E-state index in [1.54, 1.807) is 0 Å². The highest BCUT2D eigenvalue weighted by Crippen LogP contribution is 2.19. The van der Waals surface area contributed by atoms with Gasteiger partial charge in [0, 0.05) is 11.8 Å². The fourth-order valence-electron chi connectivity index (χ4n) is 1.87. The Morgan fingerprint density at radius 3 is 2.20 bits per heavy atom. The van der Waals surface area contributed by atoms with Gasteiger partial charge in [-0.25, -0.2) is 0 Å². The second-order valence-corrected chi connectivity index (χ2v) is 5.03. The third-order valence-electron chi connectivity index (χ3n) is 2.65. The van der Waals surface area contributed by atoms with E-state index in [-0.39, 0.29) is 11.8 Å². The Morgan fingerprint density at radius 1 is 1.20 bits per heavy atom. The van der Waals surface area contributed by atoms with Crippen molar-refractivity contribution in [1.82, 2.24) is 5.32 Å². The highest BCUT2D eigenvalue weighted by Gasteiger charge is 2.21. The van der Waals surface area contributed by atoms with E-state index in [1.807, 2.05) is 13.8 Å². The third-order valence-corrected chi connectivity index (χ3v) is 2.65. The number of Topliss-reactive ketones (excluding diaryl/α,β-unsaturated/α-hetero) is 1. The number of carbonyl (C=O) groups excluding carboxylic acids is 1. The number of hydrogen-bond acceptors (Lipinski definition) is 2. The van der Waals surface area contributed by atoms with E-state index < -0.39 is 0 Å². The average molecular weight is 213 g/mol. The number of hydrogen-bond donors (Lipinski definition) is 1. The molecule has 0 heterocycles. The van der Waals surface area contributed by atoms with Gasteiger partial charge in [0.15, 0.2) is 0 Å². The zero-order valence-electron chi connectivity index (χ0n) is 11.0. The molecule has 0 aliphatic heterocycles. The first-order chi connectivity index (χ1) is 6.99. The highest BCUT2D eigenvalue weighted by atomic mass is 16.1. The Kier molecular flexibility index (Phi) is 7.67. The second kappa shape index (κ2) is 7.86. The summed E-state index contributed by atoms with van der Waals surface area (Å²) in [4.78, 5) is 11.9. The molecule has 0 amide bonds. The monoisotopic (exact) mass is 213 g/mol. The van der Waals surface area contributed by atoms with Crippen molar-refractivity contribution < 1.29 is 4.79 Å². The second-order valence-electron chi connectivity index (χ2n) is 5.03. The van der Waals surface area contributed by atoms with Gasteiger partial charge in [0.2, 0.25) is 0 Å². The van der Waals surface area contributed by atoms with Crippen LogP contribution < -0.4 is 5.32 Å². The zero-order chi connectivity index (χ0) is 11.8. The summed E-state index contributed by atoms with van der Waals surface area (Å²) in [6.45, 7) is 12.4. The first-order valence-corrected chi connectivity index (χ1v) is 6.23. The third kappa shape index (κ3) is 6.67. The molecule has 0 radical (unpaired) electrons. The van der Waals surface area contributed by atoms with E-state index in [4.69, 9.17) is 0 Å². The summed E-state index contributed by atoms with van der Waals surface area (Å²) >= 11 is 0. The lowest BCUT2D eigenvalue weighted by molar-refractivity contribution is -0.126. The molecule has 1 atom stereocenters. The van der Waals surface area contributed by atoms with E-state index in [0.29, 0.717) is 11.7 Å². The van der Waals surface area contributed by atoms with Gasteiger partial charge >= 0.3 is 0 Å². The quantitative estimate of drug-likeness (QED) is 0.628. The number of nitrogens with one attached hydrogen (secondary N) is 1. The molecular weight excluding hydrogens is 186 g/mol. The lowest BCUT2D eigenvalue weighted by Crippen LogP contribution is -2.26. The van der Waals surface area contributed by atoms with E-state index >= 15 is 0 Å². The molecule has 0 aromatic rings. The van der Waals surface area contributed by atoms with Crippen molar-refractivity contribution in [1.29, 1.82) is 0 Å². The van der Waals surface area contributed by atoms with Crippen molar-refractivity contribution in [2.45, 2.75) is 47.5 Å². The first-order valence-electron chi connectivity index (χ1n) is 6.23. The van der Waals surface area contributed by atoms with Crippen LogP contribution in [0.15, 0.2) is 0 Å². The largest absolute Gasteiger partial charge is 0.317 e. The normalized spacial score (nSPS) is 13.5. The fraction of sp³-hybridized carbons (Fsp3) is 0.923. The summed E-state index contributed by atoms with van der Waals surface area (Å²) in [5, 5.41) is 3.29. The van der Waals surface area contributed by atoms with Crippen LogP contribution in [0.5, 0.6) is 0 Å². The van der Waals surface area contributed by atoms with Crippen molar-refractivity contribution in [2.24, 2.45) is 17.8 Å².